The molecule has 1 aromatic heterocycles. The third kappa shape index (κ3) is 4.20. The second kappa shape index (κ2) is 8.82. The minimum Gasteiger partial charge on any atom is -0.476 e. The highest BCUT2D eigenvalue weighted by atomic mass is 16.4. The predicted octanol–water partition coefficient (Wildman–Crippen LogP) is 3.27. The number of para-hydroxylation sites is 1. The SMILES string of the molecule is O=C(O)c1nn(-c2ccccc2)c2c1CN(C(=O)NCCCc1ccccc1)CC2. The molecule has 1 aliphatic heterocycles. The molecule has 0 aliphatic carbocycles. The Bertz CT molecular complexity index is 1030. The molecule has 0 fully saturated rings. The standard InChI is InChI=1S/C23H24N4O3/c28-22(29)21-19-16-26(23(30)24-14-7-10-17-8-3-1-4-9-17)15-13-20(19)27(25-21)18-11-5-2-6-12-18/h1-6,8-9,11-12H,7,10,13-16H2,(H,24,30)(H,28,29). The number of rotatable bonds is 6. The largest absolute Gasteiger partial charge is 0.476 e. The van der Waals surface area contributed by atoms with E-state index in [4.69, 9.17) is 0 Å². The van der Waals surface area contributed by atoms with Gasteiger partial charge in [-0.2, -0.15) is 5.10 Å². The molecular formula is C23H24N4O3. The lowest BCUT2D eigenvalue weighted by molar-refractivity contribution is 0.0687. The second-order valence-corrected chi connectivity index (χ2v) is 7.32. The fourth-order valence-electron chi connectivity index (χ4n) is 3.79. The molecule has 3 aromatic rings. The van der Waals surface area contributed by atoms with E-state index in [0.717, 1.165) is 24.2 Å². The molecule has 0 unspecified atom stereocenters. The van der Waals surface area contributed by atoms with E-state index in [-0.39, 0.29) is 18.3 Å². The third-order valence-electron chi connectivity index (χ3n) is 5.31. The molecule has 1 aliphatic rings. The summed E-state index contributed by atoms with van der Waals surface area (Å²) in [4.78, 5) is 26.0. The van der Waals surface area contributed by atoms with Gasteiger partial charge in [-0.25, -0.2) is 14.3 Å². The Hall–Kier alpha value is -3.61. The van der Waals surface area contributed by atoms with Crippen molar-refractivity contribution in [2.24, 2.45) is 0 Å². The van der Waals surface area contributed by atoms with Crippen LogP contribution in [0.1, 0.15) is 33.7 Å². The maximum atomic E-state index is 12.6. The Balaban J connectivity index is 1.42. The first-order valence-corrected chi connectivity index (χ1v) is 10.1. The van der Waals surface area contributed by atoms with Crippen LogP contribution in [0.2, 0.25) is 0 Å². The van der Waals surface area contributed by atoms with Crippen LogP contribution in [0.4, 0.5) is 4.79 Å². The van der Waals surface area contributed by atoms with Gasteiger partial charge in [0.1, 0.15) is 0 Å². The molecule has 7 nitrogen and oxygen atoms in total. The van der Waals surface area contributed by atoms with Gasteiger partial charge in [-0.15, -0.1) is 0 Å². The summed E-state index contributed by atoms with van der Waals surface area (Å²) in [5.41, 5.74) is 3.54. The van der Waals surface area contributed by atoms with Crippen molar-refractivity contribution in [1.82, 2.24) is 20.0 Å². The Morgan fingerprint density at radius 3 is 2.43 bits per heavy atom. The highest BCUT2D eigenvalue weighted by Crippen LogP contribution is 2.25. The van der Waals surface area contributed by atoms with Gasteiger partial charge in [0.15, 0.2) is 5.69 Å². The van der Waals surface area contributed by atoms with Crippen LogP contribution in [-0.2, 0) is 19.4 Å². The van der Waals surface area contributed by atoms with E-state index < -0.39 is 5.97 Å². The van der Waals surface area contributed by atoms with Crippen LogP contribution >= 0.6 is 0 Å². The summed E-state index contributed by atoms with van der Waals surface area (Å²) in [6, 6.07) is 19.5. The maximum absolute atomic E-state index is 12.6. The number of nitrogens with one attached hydrogen (secondary N) is 1. The van der Waals surface area contributed by atoms with E-state index in [9.17, 15) is 14.7 Å². The lowest BCUT2D eigenvalue weighted by atomic mass is 10.1. The van der Waals surface area contributed by atoms with Crippen molar-refractivity contribution in [3.8, 4) is 5.69 Å². The molecule has 2 N–H and O–H groups in total. The van der Waals surface area contributed by atoms with Crippen molar-refractivity contribution < 1.29 is 14.7 Å². The average molecular weight is 404 g/mol. The zero-order valence-corrected chi connectivity index (χ0v) is 16.6. The lowest BCUT2D eigenvalue weighted by Crippen LogP contribution is -2.43. The van der Waals surface area contributed by atoms with E-state index >= 15 is 0 Å². The Morgan fingerprint density at radius 1 is 1.03 bits per heavy atom. The average Bonchev–Trinajstić information content (AvgIpc) is 3.17. The Morgan fingerprint density at radius 2 is 1.73 bits per heavy atom. The van der Waals surface area contributed by atoms with Crippen molar-refractivity contribution in [1.29, 1.82) is 0 Å². The van der Waals surface area contributed by atoms with Crippen molar-refractivity contribution >= 4 is 12.0 Å². The fraction of sp³-hybridized carbons (Fsp3) is 0.261. The first-order valence-electron chi connectivity index (χ1n) is 10.1. The molecule has 0 saturated carbocycles. The number of amides is 2. The summed E-state index contributed by atoms with van der Waals surface area (Å²) in [5.74, 6) is -1.08. The monoisotopic (exact) mass is 404 g/mol. The van der Waals surface area contributed by atoms with Crippen molar-refractivity contribution in [2.75, 3.05) is 13.1 Å². The molecular weight excluding hydrogens is 380 g/mol. The molecule has 30 heavy (non-hydrogen) atoms. The maximum Gasteiger partial charge on any atom is 0.356 e. The van der Waals surface area contributed by atoms with E-state index in [1.165, 1.54) is 5.56 Å². The Kier molecular flexibility index (Phi) is 5.79. The summed E-state index contributed by atoms with van der Waals surface area (Å²) >= 11 is 0. The van der Waals surface area contributed by atoms with E-state index in [0.29, 0.717) is 25.1 Å². The number of aromatic carboxylic acids is 1. The van der Waals surface area contributed by atoms with Crippen LogP contribution < -0.4 is 5.32 Å². The van der Waals surface area contributed by atoms with Gasteiger partial charge in [0.25, 0.3) is 0 Å². The summed E-state index contributed by atoms with van der Waals surface area (Å²) in [7, 11) is 0. The summed E-state index contributed by atoms with van der Waals surface area (Å²) in [5, 5.41) is 16.9. The molecule has 0 atom stereocenters. The smallest absolute Gasteiger partial charge is 0.356 e. The van der Waals surface area contributed by atoms with Gasteiger partial charge in [-0.3, -0.25) is 0 Å². The number of fused-ring (bicyclic) bond motifs is 1. The molecule has 4 rings (SSSR count). The molecule has 0 spiro atoms. The summed E-state index contributed by atoms with van der Waals surface area (Å²) < 4.78 is 1.69. The summed E-state index contributed by atoms with van der Waals surface area (Å²) in [6.07, 6.45) is 2.31. The second-order valence-electron chi connectivity index (χ2n) is 7.32. The van der Waals surface area contributed by atoms with Gasteiger partial charge in [0.05, 0.1) is 17.9 Å². The number of hydrogen-bond donors (Lipinski definition) is 2. The zero-order chi connectivity index (χ0) is 20.9. The van der Waals surface area contributed by atoms with Crippen LogP contribution in [0.3, 0.4) is 0 Å². The fourth-order valence-corrected chi connectivity index (χ4v) is 3.79. The van der Waals surface area contributed by atoms with E-state index in [1.807, 2.05) is 48.5 Å². The van der Waals surface area contributed by atoms with Gasteiger partial charge in [-0.1, -0.05) is 48.5 Å². The van der Waals surface area contributed by atoms with Crippen LogP contribution in [0, 0.1) is 0 Å². The topological polar surface area (TPSA) is 87.5 Å². The molecule has 0 bridgehead atoms. The number of carbonyl (C=O) groups is 2. The number of urea groups is 1. The zero-order valence-electron chi connectivity index (χ0n) is 16.6. The quantitative estimate of drug-likeness (QED) is 0.618. The summed E-state index contributed by atoms with van der Waals surface area (Å²) in [6.45, 7) is 1.34. The van der Waals surface area contributed by atoms with Crippen LogP contribution in [0.15, 0.2) is 60.7 Å². The number of carbonyl (C=O) groups excluding carboxylic acids is 1. The minimum atomic E-state index is -1.08. The van der Waals surface area contributed by atoms with Crippen LogP contribution in [0.5, 0.6) is 0 Å². The predicted molar refractivity (Wildman–Crippen MR) is 113 cm³/mol. The van der Waals surface area contributed by atoms with Gasteiger partial charge in [-0.05, 0) is 30.5 Å². The van der Waals surface area contributed by atoms with E-state index in [2.05, 4.69) is 22.5 Å². The number of carboxylic acid groups (broad SMARTS) is 1. The molecule has 0 saturated heterocycles. The number of benzene rings is 2. The van der Waals surface area contributed by atoms with Crippen molar-refractivity contribution in [3.05, 3.63) is 83.2 Å². The lowest BCUT2D eigenvalue weighted by Gasteiger charge is -2.28. The molecule has 0 radical (unpaired) electrons. The number of aromatic nitrogens is 2. The highest BCUT2D eigenvalue weighted by Gasteiger charge is 2.30. The molecule has 7 heteroatoms. The normalized spacial score (nSPS) is 13.0. The third-order valence-corrected chi connectivity index (χ3v) is 5.31. The molecule has 2 heterocycles. The van der Waals surface area contributed by atoms with Crippen LogP contribution in [-0.4, -0.2) is 44.9 Å². The van der Waals surface area contributed by atoms with Gasteiger partial charge in [0, 0.05) is 25.1 Å². The number of aryl methyl sites for hydroxylation is 1. The minimum absolute atomic E-state index is 0.00966. The number of carboxylic acids is 1. The van der Waals surface area contributed by atoms with Gasteiger partial charge >= 0.3 is 12.0 Å². The molecule has 2 amide bonds. The van der Waals surface area contributed by atoms with Gasteiger partial charge in [0.2, 0.25) is 0 Å². The molecule has 2 aromatic carbocycles. The first-order chi connectivity index (χ1) is 14.6. The highest BCUT2D eigenvalue weighted by molar-refractivity contribution is 5.88. The van der Waals surface area contributed by atoms with Gasteiger partial charge < -0.3 is 15.3 Å². The van der Waals surface area contributed by atoms with E-state index in [1.54, 1.807) is 9.58 Å². The van der Waals surface area contributed by atoms with Crippen LogP contribution in [0.25, 0.3) is 5.69 Å². The Labute approximate surface area is 174 Å². The number of nitrogens with zero attached hydrogens (tertiary/aromatic N) is 3. The number of hydrogen-bond acceptors (Lipinski definition) is 3. The first kappa shape index (κ1) is 19.7. The van der Waals surface area contributed by atoms with Crippen molar-refractivity contribution in [2.45, 2.75) is 25.8 Å². The molecule has 154 valence electrons. The van der Waals surface area contributed by atoms with Crippen molar-refractivity contribution in [3.63, 3.8) is 0 Å².